The summed E-state index contributed by atoms with van der Waals surface area (Å²) in [6, 6.07) is 6.54. The summed E-state index contributed by atoms with van der Waals surface area (Å²) in [5.74, 6) is 0. The number of rotatable bonds is 2. The predicted molar refractivity (Wildman–Crippen MR) is 63.3 cm³/mol. The van der Waals surface area contributed by atoms with E-state index >= 15 is 0 Å². The zero-order valence-electron chi connectivity index (χ0n) is 8.40. The molecule has 1 aromatic carbocycles. The van der Waals surface area contributed by atoms with Gasteiger partial charge in [0.05, 0.1) is 10.2 Å². The molecule has 0 saturated heterocycles. The summed E-state index contributed by atoms with van der Waals surface area (Å²) in [4.78, 5) is 5.36. The van der Waals surface area contributed by atoms with Crippen LogP contribution in [0.15, 0.2) is 30.6 Å². The summed E-state index contributed by atoms with van der Waals surface area (Å²) in [7, 11) is 1.96. The Kier molecular flexibility index (Phi) is 1.97. The third-order valence-corrected chi connectivity index (χ3v) is 3.50. The normalized spacial score (nSPS) is 11.5. The van der Waals surface area contributed by atoms with Gasteiger partial charge < -0.3 is 5.32 Å². The van der Waals surface area contributed by atoms with Crippen LogP contribution in [-0.2, 0) is 6.54 Å². The minimum Gasteiger partial charge on any atom is -0.316 e. The molecule has 1 N–H and O–H groups in total. The van der Waals surface area contributed by atoms with E-state index in [1.165, 1.54) is 15.8 Å². The monoisotopic (exact) mass is 217 g/mol. The van der Waals surface area contributed by atoms with Gasteiger partial charge in [-0.05, 0) is 24.7 Å². The van der Waals surface area contributed by atoms with Gasteiger partial charge in [-0.3, -0.25) is 4.40 Å². The van der Waals surface area contributed by atoms with E-state index in [1.807, 2.05) is 19.4 Å². The number of thiazole rings is 1. The molecule has 3 nitrogen and oxygen atoms in total. The third kappa shape index (κ3) is 1.33. The highest BCUT2D eigenvalue weighted by Gasteiger charge is 2.04. The Morgan fingerprint density at radius 2 is 2.40 bits per heavy atom. The molecule has 76 valence electrons. The van der Waals surface area contributed by atoms with Crippen LogP contribution in [0.2, 0.25) is 0 Å². The van der Waals surface area contributed by atoms with Crippen molar-refractivity contribution < 1.29 is 0 Å². The summed E-state index contributed by atoms with van der Waals surface area (Å²) in [6.07, 6.45) is 3.85. The molecule has 0 aliphatic heterocycles. The lowest BCUT2D eigenvalue weighted by molar-refractivity contribution is 0.819. The molecule has 0 amide bonds. The quantitative estimate of drug-likeness (QED) is 0.713. The standard InChI is InChI=1S/C11H11N3S/c1-12-7-8-2-3-9-10(6-8)15-11-13-4-5-14(9)11/h2-6,12H,7H2,1H3. The predicted octanol–water partition coefficient (Wildman–Crippen LogP) is 2.27. The molecule has 15 heavy (non-hydrogen) atoms. The van der Waals surface area contributed by atoms with Gasteiger partial charge in [-0.1, -0.05) is 17.4 Å². The highest BCUT2D eigenvalue weighted by atomic mass is 32.1. The first-order chi connectivity index (χ1) is 7.38. The second kappa shape index (κ2) is 3.32. The van der Waals surface area contributed by atoms with Gasteiger partial charge in [0.1, 0.15) is 0 Å². The molecule has 2 heterocycles. The number of hydrogen-bond acceptors (Lipinski definition) is 3. The lowest BCUT2D eigenvalue weighted by atomic mass is 10.2. The van der Waals surface area contributed by atoms with Crippen LogP contribution in [0.4, 0.5) is 0 Å². The number of fused-ring (bicyclic) bond motifs is 3. The van der Waals surface area contributed by atoms with E-state index in [4.69, 9.17) is 0 Å². The van der Waals surface area contributed by atoms with Gasteiger partial charge in [0.2, 0.25) is 0 Å². The second-order valence-electron chi connectivity index (χ2n) is 3.51. The first-order valence-electron chi connectivity index (χ1n) is 4.87. The van der Waals surface area contributed by atoms with Gasteiger partial charge >= 0.3 is 0 Å². The Bertz CT molecular complexity index is 608. The first-order valence-corrected chi connectivity index (χ1v) is 5.69. The van der Waals surface area contributed by atoms with Crippen LogP contribution >= 0.6 is 11.3 Å². The maximum Gasteiger partial charge on any atom is 0.194 e. The molecule has 0 bridgehead atoms. The number of aromatic nitrogens is 2. The minimum absolute atomic E-state index is 0.913. The van der Waals surface area contributed by atoms with E-state index in [0.29, 0.717) is 0 Å². The molecule has 3 rings (SSSR count). The first kappa shape index (κ1) is 8.88. The molecular weight excluding hydrogens is 206 g/mol. The Labute approximate surface area is 91.4 Å². The number of hydrogen-bond donors (Lipinski definition) is 1. The molecule has 4 heteroatoms. The van der Waals surface area contributed by atoms with Gasteiger partial charge in [0.25, 0.3) is 0 Å². The molecular formula is C11H11N3S. The fraction of sp³-hybridized carbons (Fsp3) is 0.182. The maximum absolute atomic E-state index is 4.30. The van der Waals surface area contributed by atoms with Crippen molar-refractivity contribution in [2.75, 3.05) is 7.05 Å². The van der Waals surface area contributed by atoms with E-state index in [1.54, 1.807) is 11.3 Å². The van der Waals surface area contributed by atoms with Gasteiger partial charge in [-0.15, -0.1) is 0 Å². The zero-order valence-corrected chi connectivity index (χ0v) is 9.21. The van der Waals surface area contributed by atoms with E-state index in [-0.39, 0.29) is 0 Å². The zero-order chi connectivity index (χ0) is 10.3. The molecule has 0 aliphatic carbocycles. The van der Waals surface area contributed by atoms with Crippen LogP contribution in [0, 0.1) is 0 Å². The smallest absolute Gasteiger partial charge is 0.194 e. The minimum atomic E-state index is 0.913. The molecule has 0 atom stereocenters. The summed E-state index contributed by atoms with van der Waals surface area (Å²) in [6.45, 7) is 0.913. The Balaban J connectivity index is 2.26. The maximum atomic E-state index is 4.30. The highest BCUT2D eigenvalue weighted by molar-refractivity contribution is 7.23. The molecule has 0 fully saturated rings. The Morgan fingerprint density at radius 3 is 3.27 bits per heavy atom. The third-order valence-electron chi connectivity index (χ3n) is 2.47. The number of benzene rings is 1. The van der Waals surface area contributed by atoms with E-state index < -0.39 is 0 Å². The van der Waals surface area contributed by atoms with Crippen LogP contribution in [0.25, 0.3) is 15.2 Å². The second-order valence-corrected chi connectivity index (χ2v) is 4.52. The van der Waals surface area contributed by atoms with Gasteiger partial charge in [0, 0.05) is 18.9 Å². The van der Waals surface area contributed by atoms with Crippen molar-refractivity contribution in [3.05, 3.63) is 36.2 Å². The lowest BCUT2D eigenvalue weighted by Crippen LogP contribution is -2.04. The Morgan fingerprint density at radius 1 is 1.47 bits per heavy atom. The SMILES string of the molecule is CNCc1ccc2c(c1)sc1nccn12. The summed E-state index contributed by atoms with van der Waals surface area (Å²) in [5.41, 5.74) is 2.56. The molecule has 0 aliphatic rings. The highest BCUT2D eigenvalue weighted by Crippen LogP contribution is 2.26. The van der Waals surface area contributed by atoms with Crippen molar-refractivity contribution in [2.45, 2.75) is 6.54 Å². The number of imidazole rings is 1. The number of nitrogens with zero attached hydrogens (tertiary/aromatic N) is 2. The molecule has 0 saturated carbocycles. The van der Waals surface area contributed by atoms with Crippen LogP contribution in [0.1, 0.15) is 5.56 Å². The van der Waals surface area contributed by atoms with Gasteiger partial charge in [-0.2, -0.15) is 0 Å². The summed E-state index contributed by atoms with van der Waals surface area (Å²) < 4.78 is 3.43. The number of nitrogens with one attached hydrogen (secondary N) is 1. The van der Waals surface area contributed by atoms with E-state index in [9.17, 15) is 0 Å². The van der Waals surface area contributed by atoms with Gasteiger partial charge in [0.15, 0.2) is 4.96 Å². The van der Waals surface area contributed by atoms with Crippen molar-refractivity contribution >= 4 is 26.5 Å². The van der Waals surface area contributed by atoms with Crippen molar-refractivity contribution in [3.63, 3.8) is 0 Å². The van der Waals surface area contributed by atoms with Crippen LogP contribution < -0.4 is 5.32 Å². The summed E-state index contributed by atoms with van der Waals surface area (Å²) >= 11 is 1.73. The average Bonchev–Trinajstić information content (AvgIpc) is 2.77. The van der Waals surface area contributed by atoms with Crippen molar-refractivity contribution in [1.82, 2.24) is 14.7 Å². The van der Waals surface area contributed by atoms with Crippen LogP contribution in [-0.4, -0.2) is 16.4 Å². The Hall–Kier alpha value is -1.39. The largest absolute Gasteiger partial charge is 0.316 e. The lowest BCUT2D eigenvalue weighted by Gasteiger charge is -1.99. The molecule has 0 radical (unpaired) electrons. The molecule has 3 aromatic rings. The van der Waals surface area contributed by atoms with Crippen molar-refractivity contribution in [1.29, 1.82) is 0 Å². The fourth-order valence-corrected chi connectivity index (χ4v) is 2.85. The topological polar surface area (TPSA) is 29.3 Å². The van der Waals surface area contributed by atoms with Crippen molar-refractivity contribution in [2.24, 2.45) is 0 Å². The van der Waals surface area contributed by atoms with Crippen LogP contribution in [0.3, 0.4) is 0 Å². The molecule has 2 aromatic heterocycles. The van der Waals surface area contributed by atoms with E-state index in [2.05, 4.69) is 32.9 Å². The van der Waals surface area contributed by atoms with Crippen molar-refractivity contribution in [3.8, 4) is 0 Å². The van der Waals surface area contributed by atoms with E-state index in [0.717, 1.165) is 11.5 Å². The molecule has 0 unspecified atom stereocenters. The molecule has 0 spiro atoms. The van der Waals surface area contributed by atoms with Gasteiger partial charge in [-0.25, -0.2) is 4.98 Å². The van der Waals surface area contributed by atoms with Crippen LogP contribution in [0.5, 0.6) is 0 Å². The fourth-order valence-electron chi connectivity index (χ4n) is 1.80. The summed E-state index contributed by atoms with van der Waals surface area (Å²) in [5, 5.41) is 3.16. The average molecular weight is 217 g/mol.